The minimum atomic E-state index is -0.177. The zero-order valence-corrected chi connectivity index (χ0v) is 20.2. The second-order valence-corrected chi connectivity index (χ2v) is 9.08. The van der Waals surface area contributed by atoms with Crippen LogP contribution in [0.5, 0.6) is 11.5 Å². The van der Waals surface area contributed by atoms with E-state index in [-0.39, 0.29) is 12.1 Å². The molecule has 1 aromatic carbocycles. The van der Waals surface area contributed by atoms with E-state index >= 15 is 0 Å². The third-order valence-electron chi connectivity index (χ3n) is 5.95. The fourth-order valence-electron chi connectivity index (χ4n) is 4.35. The highest BCUT2D eigenvalue weighted by Crippen LogP contribution is 2.36. The summed E-state index contributed by atoms with van der Waals surface area (Å²) in [5.41, 5.74) is 2.37. The smallest absolute Gasteiger partial charge is 0.321 e. The van der Waals surface area contributed by atoms with E-state index in [0.717, 1.165) is 36.3 Å². The summed E-state index contributed by atoms with van der Waals surface area (Å²) >= 11 is 6.24. The fourth-order valence-corrected chi connectivity index (χ4v) is 4.59. The van der Waals surface area contributed by atoms with Crippen molar-refractivity contribution in [2.24, 2.45) is 5.92 Å². The lowest BCUT2D eigenvalue weighted by Crippen LogP contribution is -2.41. The number of likely N-dealkylation sites (tertiary alicyclic amines) is 1. The highest BCUT2D eigenvalue weighted by atomic mass is 35.5. The Morgan fingerprint density at radius 2 is 1.94 bits per heavy atom. The van der Waals surface area contributed by atoms with Crippen LogP contribution in [0.4, 0.5) is 10.5 Å². The van der Waals surface area contributed by atoms with Gasteiger partial charge in [0.25, 0.3) is 0 Å². The molecule has 33 heavy (non-hydrogen) atoms. The lowest BCUT2D eigenvalue weighted by molar-refractivity contribution is 0.183. The summed E-state index contributed by atoms with van der Waals surface area (Å²) < 4.78 is 12.9. The summed E-state index contributed by atoms with van der Waals surface area (Å²) in [6.07, 6.45) is 4.38. The van der Waals surface area contributed by atoms with Crippen LogP contribution in [0.1, 0.15) is 38.6 Å². The van der Waals surface area contributed by atoms with Crippen LogP contribution in [0.3, 0.4) is 0 Å². The van der Waals surface area contributed by atoms with Crippen molar-refractivity contribution in [1.82, 2.24) is 19.4 Å². The van der Waals surface area contributed by atoms with Crippen molar-refractivity contribution < 1.29 is 14.3 Å². The van der Waals surface area contributed by atoms with Gasteiger partial charge in [0.15, 0.2) is 5.65 Å². The molecule has 4 rings (SSSR count). The molecule has 1 fully saturated rings. The molecule has 1 N–H and O–H groups in total. The predicted octanol–water partition coefficient (Wildman–Crippen LogP) is 5.17. The SMILES string of the molecule is COc1cc(OC)c(NC(=O)N2CCC(n3c(CC(C)C)nc4cccnc43)CC2)cc1Cl. The van der Waals surface area contributed by atoms with Crippen molar-refractivity contribution in [3.63, 3.8) is 0 Å². The summed E-state index contributed by atoms with van der Waals surface area (Å²) in [4.78, 5) is 24.3. The van der Waals surface area contributed by atoms with Gasteiger partial charge >= 0.3 is 6.03 Å². The van der Waals surface area contributed by atoms with Crippen molar-refractivity contribution in [1.29, 1.82) is 0 Å². The number of imidazole rings is 1. The summed E-state index contributed by atoms with van der Waals surface area (Å²) in [6.45, 7) is 5.67. The van der Waals surface area contributed by atoms with Gasteiger partial charge in [-0.05, 0) is 37.0 Å². The number of amides is 2. The van der Waals surface area contributed by atoms with Crippen molar-refractivity contribution in [2.75, 3.05) is 32.6 Å². The minimum absolute atomic E-state index is 0.177. The van der Waals surface area contributed by atoms with Crippen LogP contribution in [0.25, 0.3) is 11.2 Å². The molecule has 1 aliphatic heterocycles. The van der Waals surface area contributed by atoms with Gasteiger partial charge < -0.3 is 24.3 Å². The predicted molar refractivity (Wildman–Crippen MR) is 129 cm³/mol. The van der Waals surface area contributed by atoms with Crippen LogP contribution in [-0.4, -0.2) is 52.8 Å². The van der Waals surface area contributed by atoms with Gasteiger partial charge in [0.1, 0.15) is 22.8 Å². The molecule has 0 unspecified atom stereocenters. The molecule has 1 aliphatic rings. The number of ether oxygens (including phenoxy) is 2. The first-order chi connectivity index (χ1) is 15.9. The molecule has 2 amide bonds. The first-order valence-electron chi connectivity index (χ1n) is 11.2. The maximum absolute atomic E-state index is 13.0. The van der Waals surface area contributed by atoms with E-state index in [2.05, 4.69) is 28.7 Å². The fraction of sp³-hybridized carbons (Fsp3) is 0.458. The number of carbonyl (C=O) groups is 1. The molecule has 3 heterocycles. The number of piperidine rings is 1. The van der Waals surface area contributed by atoms with Crippen LogP contribution in [-0.2, 0) is 6.42 Å². The van der Waals surface area contributed by atoms with Gasteiger partial charge in [-0.3, -0.25) is 0 Å². The Kier molecular flexibility index (Phi) is 6.93. The third-order valence-corrected chi connectivity index (χ3v) is 6.24. The maximum atomic E-state index is 13.0. The summed E-state index contributed by atoms with van der Waals surface area (Å²) in [7, 11) is 3.08. The van der Waals surface area contributed by atoms with Gasteiger partial charge in [0.05, 0.1) is 24.9 Å². The normalized spacial score (nSPS) is 14.7. The van der Waals surface area contributed by atoms with E-state index in [1.807, 2.05) is 23.2 Å². The molecule has 2 aromatic heterocycles. The average molecular weight is 472 g/mol. The van der Waals surface area contributed by atoms with Crippen molar-refractivity contribution in [3.8, 4) is 11.5 Å². The zero-order valence-electron chi connectivity index (χ0n) is 19.5. The van der Waals surface area contributed by atoms with E-state index in [1.165, 1.54) is 7.11 Å². The van der Waals surface area contributed by atoms with E-state index < -0.39 is 0 Å². The Balaban J connectivity index is 1.48. The second kappa shape index (κ2) is 9.87. The minimum Gasteiger partial charge on any atom is -0.495 e. The van der Waals surface area contributed by atoms with Crippen LogP contribution in [0.2, 0.25) is 5.02 Å². The van der Waals surface area contributed by atoms with Crippen LogP contribution in [0.15, 0.2) is 30.5 Å². The second-order valence-electron chi connectivity index (χ2n) is 8.68. The standard InChI is InChI=1S/C24H30ClN5O3/c1-15(2)12-22-27-18-6-5-9-26-23(18)30(22)16-7-10-29(11-8-16)24(31)28-19-13-17(25)20(32-3)14-21(19)33-4/h5-6,9,13-16H,7-8,10-12H2,1-4H3,(H,28,31). The number of methoxy groups -OCH3 is 2. The quantitative estimate of drug-likeness (QED) is 0.536. The Labute approximate surface area is 198 Å². The number of nitrogens with one attached hydrogen (secondary N) is 1. The van der Waals surface area contributed by atoms with Gasteiger partial charge in [-0.1, -0.05) is 25.4 Å². The van der Waals surface area contributed by atoms with E-state index in [4.69, 9.17) is 26.1 Å². The number of aromatic nitrogens is 3. The van der Waals surface area contributed by atoms with Crippen LogP contribution in [0, 0.1) is 5.92 Å². The summed E-state index contributed by atoms with van der Waals surface area (Å²) in [6, 6.07) is 7.32. The zero-order chi connectivity index (χ0) is 23.5. The molecule has 176 valence electrons. The van der Waals surface area contributed by atoms with E-state index in [1.54, 1.807) is 19.2 Å². The third kappa shape index (κ3) is 4.85. The Hall–Kier alpha value is -3.00. The number of anilines is 1. The van der Waals surface area contributed by atoms with Gasteiger partial charge in [0, 0.05) is 37.8 Å². The highest BCUT2D eigenvalue weighted by molar-refractivity contribution is 6.32. The van der Waals surface area contributed by atoms with Gasteiger partial charge in [0.2, 0.25) is 0 Å². The lowest BCUT2D eigenvalue weighted by Gasteiger charge is -2.33. The number of fused-ring (bicyclic) bond motifs is 1. The number of benzene rings is 1. The Morgan fingerprint density at radius 1 is 1.21 bits per heavy atom. The number of halogens is 1. The van der Waals surface area contributed by atoms with Crippen LogP contribution < -0.4 is 14.8 Å². The highest BCUT2D eigenvalue weighted by Gasteiger charge is 2.28. The van der Waals surface area contributed by atoms with Crippen molar-refractivity contribution in [2.45, 2.75) is 39.2 Å². The monoisotopic (exact) mass is 471 g/mol. The molecule has 0 spiro atoms. The topological polar surface area (TPSA) is 81.5 Å². The average Bonchev–Trinajstić information content (AvgIpc) is 3.16. The van der Waals surface area contributed by atoms with E-state index in [9.17, 15) is 4.79 Å². The molecule has 0 atom stereocenters. The summed E-state index contributed by atoms with van der Waals surface area (Å²) in [5.74, 6) is 2.55. The first-order valence-corrected chi connectivity index (χ1v) is 11.6. The Morgan fingerprint density at radius 3 is 2.61 bits per heavy atom. The Bertz CT molecular complexity index is 1140. The molecule has 3 aromatic rings. The van der Waals surface area contributed by atoms with E-state index in [0.29, 0.717) is 41.2 Å². The number of nitrogens with zero attached hydrogens (tertiary/aromatic N) is 4. The number of rotatable bonds is 6. The van der Waals surface area contributed by atoms with Gasteiger partial charge in [-0.25, -0.2) is 14.8 Å². The van der Waals surface area contributed by atoms with Crippen LogP contribution >= 0.6 is 11.6 Å². The maximum Gasteiger partial charge on any atom is 0.321 e. The number of pyridine rings is 1. The van der Waals surface area contributed by atoms with Crippen molar-refractivity contribution >= 4 is 34.5 Å². The van der Waals surface area contributed by atoms with Crippen molar-refractivity contribution in [3.05, 3.63) is 41.3 Å². The largest absolute Gasteiger partial charge is 0.495 e. The molecule has 8 nitrogen and oxygen atoms in total. The number of urea groups is 1. The first kappa shape index (κ1) is 23.2. The molecular weight excluding hydrogens is 442 g/mol. The molecule has 0 saturated carbocycles. The van der Waals surface area contributed by atoms with Gasteiger partial charge in [-0.15, -0.1) is 0 Å². The molecule has 0 aliphatic carbocycles. The molecular formula is C24H30ClN5O3. The summed E-state index contributed by atoms with van der Waals surface area (Å²) in [5, 5.41) is 3.34. The number of carbonyl (C=O) groups excluding carboxylic acids is 1. The number of hydrogen-bond acceptors (Lipinski definition) is 5. The number of hydrogen-bond donors (Lipinski definition) is 1. The molecule has 0 bridgehead atoms. The molecule has 1 saturated heterocycles. The molecule has 0 radical (unpaired) electrons. The molecule has 9 heteroatoms. The van der Waals surface area contributed by atoms with Gasteiger partial charge in [-0.2, -0.15) is 0 Å². The lowest BCUT2D eigenvalue weighted by atomic mass is 10.0.